The van der Waals surface area contributed by atoms with Gasteiger partial charge in [-0.15, -0.1) is 0 Å². The highest BCUT2D eigenvalue weighted by Crippen LogP contribution is 2.34. The molecule has 4 nitrogen and oxygen atoms in total. The summed E-state index contributed by atoms with van der Waals surface area (Å²) in [6.07, 6.45) is 5.75. The molecule has 0 radical (unpaired) electrons. The molecule has 1 aliphatic rings. The Morgan fingerprint density at radius 3 is 3.00 bits per heavy atom. The van der Waals surface area contributed by atoms with Crippen LogP contribution in [0.25, 0.3) is 11.6 Å². The fourth-order valence-electron chi connectivity index (χ4n) is 2.09. The van der Waals surface area contributed by atoms with E-state index in [1.807, 2.05) is 48.8 Å². The molecule has 0 unspecified atom stereocenters. The van der Waals surface area contributed by atoms with E-state index in [0.29, 0.717) is 0 Å². The van der Waals surface area contributed by atoms with E-state index in [2.05, 4.69) is 15.3 Å². The van der Waals surface area contributed by atoms with E-state index in [4.69, 9.17) is 0 Å². The SMILES string of the molecule is CC(=O)Nc1ccc2c(c1)C(=Cc1ccc[nH]1)C=N2. The van der Waals surface area contributed by atoms with Crippen molar-refractivity contribution in [1.29, 1.82) is 0 Å². The van der Waals surface area contributed by atoms with E-state index < -0.39 is 0 Å². The molecule has 94 valence electrons. The Balaban J connectivity index is 1.98. The van der Waals surface area contributed by atoms with Gasteiger partial charge in [-0.25, -0.2) is 0 Å². The summed E-state index contributed by atoms with van der Waals surface area (Å²) in [5.41, 5.74) is 4.80. The Bertz CT molecular complexity index is 681. The first-order valence-electron chi connectivity index (χ1n) is 6.03. The summed E-state index contributed by atoms with van der Waals surface area (Å²) in [5, 5.41) is 2.78. The molecule has 0 bridgehead atoms. The van der Waals surface area contributed by atoms with Crippen LogP contribution in [-0.2, 0) is 4.79 Å². The van der Waals surface area contributed by atoms with Gasteiger partial charge in [0.15, 0.2) is 0 Å². The third-order valence-electron chi connectivity index (χ3n) is 2.90. The van der Waals surface area contributed by atoms with Gasteiger partial charge in [0.2, 0.25) is 5.91 Å². The summed E-state index contributed by atoms with van der Waals surface area (Å²) in [6.45, 7) is 1.50. The monoisotopic (exact) mass is 251 g/mol. The Labute approximate surface area is 110 Å². The van der Waals surface area contributed by atoms with E-state index >= 15 is 0 Å². The predicted molar refractivity (Wildman–Crippen MR) is 77.6 cm³/mol. The van der Waals surface area contributed by atoms with Gasteiger partial charge in [-0.3, -0.25) is 9.79 Å². The van der Waals surface area contributed by atoms with Gasteiger partial charge < -0.3 is 10.3 Å². The van der Waals surface area contributed by atoms with E-state index in [9.17, 15) is 4.79 Å². The minimum atomic E-state index is -0.0752. The van der Waals surface area contributed by atoms with E-state index in [0.717, 1.165) is 28.2 Å². The number of carbonyl (C=O) groups excluding carboxylic acids is 1. The Morgan fingerprint density at radius 1 is 1.37 bits per heavy atom. The topological polar surface area (TPSA) is 57.2 Å². The number of aromatic amines is 1. The lowest BCUT2D eigenvalue weighted by atomic mass is 10.1. The van der Waals surface area contributed by atoms with Crippen LogP contribution in [0.1, 0.15) is 18.2 Å². The number of rotatable bonds is 2. The molecule has 1 aromatic heterocycles. The molecule has 0 aliphatic carbocycles. The van der Waals surface area contributed by atoms with Crippen LogP contribution in [0.15, 0.2) is 41.5 Å². The first-order valence-corrected chi connectivity index (χ1v) is 6.03. The van der Waals surface area contributed by atoms with Gasteiger partial charge in [0.1, 0.15) is 0 Å². The number of nitrogens with zero attached hydrogens (tertiary/aromatic N) is 1. The van der Waals surface area contributed by atoms with Crippen LogP contribution in [0.3, 0.4) is 0 Å². The number of anilines is 1. The van der Waals surface area contributed by atoms with Crippen LogP contribution in [-0.4, -0.2) is 17.1 Å². The van der Waals surface area contributed by atoms with Crippen molar-refractivity contribution in [3.8, 4) is 0 Å². The van der Waals surface area contributed by atoms with Crippen LogP contribution in [0, 0.1) is 0 Å². The fourth-order valence-corrected chi connectivity index (χ4v) is 2.09. The van der Waals surface area contributed by atoms with Crippen LogP contribution < -0.4 is 5.32 Å². The number of aromatic nitrogens is 1. The van der Waals surface area contributed by atoms with Gasteiger partial charge in [-0.2, -0.15) is 0 Å². The van der Waals surface area contributed by atoms with Crippen LogP contribution in [0.4, 0.5) is 11.4 Å². The maximum Gasteiger partial charge on any atom is 0.221 e. The number of benzene rings is 1. The van der Waals surface area contributed by atoms with Crippen molar-refractivity contribution in [2.45, 2.75) is 6.92 Å². The summed E-state index contributed by atoms with van der Waals surface area (Å²) >= 11 is 0. The zero-order valence-corrected chi connectivity index (χ0v) is 10.5. The maximum atomic E-state index is 11.1. The van der Waals surface area contributed by atoms with Gasteiger partial charge in [-0.05, 0) is 36.4 Å². The first-order chi connectivity index (χ1) is 9.22. The van der Waals surface area contributed by atoms with E-state index in [1.165, 1.54) is 6.92 Å². The highest BCUT2D eigenvalue weighted by Gasteiger charge is 2.13. The molecule has 1 amide bonds. The van der Waals surface area contributed by atoms with Crippen LogP contribution in [0.5, 0.6) is 0 Å². The Hall–Kier alpha value is -2.62. The van der Waals surface area contributed by atoms with Crippen molar-refractivity contribution in [2.24, 2.45) is 4.99 Å². The standard InChI is InChI=1S/C15H13N3O/c1-10(19)18-13-4-5-15-14(8-13)11(9-17-15)7-12-3-2-6-16-12/h2-9,16H,1H3,(H,18,19). The summed E-state index contributed by atoms with van der Waals surface area (Å²) in [4.78, 5) is 18.6. The van der Waals surface area contributed by atoms with Crippen LogP contribution in [0.2, 0.25) is 0 Å². The second-order valence-corrected chi connectivity index (χ2v) is 4.40. The number of amides is 1. The molecule has 1 aromatic carbocycles. The smallest absolute Gasteiger partial charge is 0.221 e. The summed E-state index contributed by atoms with van der Waals surface area (Å²) in [5.74, 6) is -0.0752. The fraction of sp³-hybridized carbons (Fsp3) is 0.0667. The molecule has 1 aliphatic heterocycles. The molecule has 0 saturated carbocycles. The summed E-state index contributed by atoms with van der Waals surface area (Å²) < 4.78 is 0. The number of H-pyrrole nitrogens is 1. The second kappa shape index (κ2) is 4.57. The van der Waals surface area contributed by atoms with E-state index in [-0.39, 0.29) is 5.91 Å². The lowest BCUT2D eigenvalue weighted by Gasteiger charge is -2.05. The lowest BCUT2D eigenvalue weighted by Crippen LogP contribution is -2.05. The molecular weight excluding hydrogens is 238 g/mol. The predicted octanol–water partition coefficient (Wildman–Crippen LogP) is 3.23. The molecule has 0 fully saturated rings. The number of allylic oxidation sites excluding steroid dienone is 1. The largest absolute Gasteiger partial charge is 0.362 e. The molecule has 2 N–H and O–H groups in total. The number of nitrogens with one attached hydrogen (secondary N) is 2. The molecule has 0 spiro atoms. The number of carbonyl (C=O) groups is 1. The molecule has 0 saturated heterocycles. The molecule has 3 rings (SSSR count). The highest BCUT2D eigenvalue weighted by molar-refractivity contribution is 6.21. The third kappa shape index (κ3) is 2.33. The lowest BCUT2D eigenvalue weighted by molar-refractivity contribution is -0.114. The Kier molecular flexibility index (Phi) is 2.76. The highest BCUT2D eigenvalue weighted by atomic mass is 16.1. The normalized spacial score (nSPS) is 14.7. The van der Waals surface area contributed by atoms with Gasteiger partial charge in [-0.1, -0.05) is 0 Å². The molecule has 2 heterocycles. The minimum Gasteiger partial charge on any atom is -0.362 e. The maximum absolute atomic E-state index is 11.1. The minimum absolute atomic E-state index is 0.0752. The van der Waals surface area contributed by atoms with Crippen molar-refractivity contribution in [2.75, 3.05) is 5.32 Å². The number of hydrogen-bond donors (Lipinski definition) is 2. The third-order valence-corrected chi connectivity index (χ3v) is 2.90. The molecular formula is C15H13N3O. The molecule has 4 heteroatoms. The zero-order chi connectivity index (χ0) is 13.2. The molecule has 0 atom stereocenters. The van der Waals surface area contributed by atoms with E-state index in [1.54, 1.807) is 0 Å². The van der Waals surface area contributed by atoms with Crippen LogP contribution >= 0.6 is 0 Å². The zero-order valence-electron chi connectivity index (χ0n) is 10.5. The van der Waals surface area contributed by atoms with Crippen molar-refractivity contribution >= 4 is 35.1 Å². The van der Waals surface area contributed by atoms with Gasteiger partial charge in [0.05, 0.1) is 5.69 Å². The number of aliphatic imine (C=N–C) groups is 1. The molecule has 2 aromatic rings. The average Bonchev–Trinajstić information content (AvgIpc) is 3.00. The van der Waals surface area contributed by atoms with Crippen molar-refractivity contribution in [3.05, 3.63) is 47.8 Å². The van der Waals surface area contributed by atoms with Crippen molar-refractivity contribution < 1.29 is 4.79 Å². The Morgan fingerprint density at radius 2 is 2.26 bits per heavy atom. The first kappa shape index (κ1) is 11.5. The van der Waals surface area contributed by atoms with Gasteiger partial charge >= 0.3 is 0 Å². The quantitative estimate of drug-likeness (QED) is 0.845. The van der Waals surface area contributed by atoms with Crippen molar-refractivity contribution in [3.63, 3.8) is 0 Å². The summed E-state index contributed by atoms with van der Waals surface area (Å²) in [7, 11) is 0. The van der Waals surface area contributed by atoms with Gasteiger partial charge in [0, 0.05) is 41.9 Å². The van der Waals surface area contributed by atoms with Gasteiger partial charge in [0.25, 0.3) is 0 Å². The number of hydrogen-bond acceptors (Lipinski definition) is 2. The number of fused-ring (bicyclic) bond motifs is 1. The average molecular weight is 251 g/mol. The second-order valence-electron chi connectivity index (χ2n) is 4.40. The summed E-state index contributed by atoms with van der Waals surface area (Å²) in [6, 6.07) is 9.66. The molecule has 19 heavy (non-hydrogen) atoms. The van der Waals surface area contributed by atoms with Crippen molar-refractivity contribution in [1.82, 2.24) is 4.98 Å².